The Balaban J connectivity index is 1.58. The molecule has 1 atom stereocenters. The molecule has 1 amide bonds. The summed E-state index contributed by atoms with van der Waals surface area (Å²) in [5, 5.41) is 7.41. The molecule has 0 spiro atoms. The summed E-state index contributed by atoms with van der Waals surface area (Å²) in [6.07, 6.45) is 0.309. The summed E-state index contributed by atoms with van der Waals surface area (Å²) in [5.41, 5.74) is 1.21. The summed E-state index contributed by atoms with van der Waals surface area (Å²) in [7, 11) is 1.53. The molecule has 1 aliphatic rings. The van der Waals surface area contributed by atoms with Crippen molar-refractivity contribution in [3.63, 3.8) is 0 Å². The summed E-state index contributed by atoms with van der Waals surface area (Å²) < 4.78 is 45.7. The Morgan fingerprint density at radius 3 is 2.87 bits per heavy atom. The van der Waals surface area contributed by atoms with Gasteiger partial charge in [-0.1, -0.05) is 0 Å². The normalized spacial score (nSPS) is 16.1. The predicted molar refractivity (Wildman–Crippen MR) is 101 cm³/mol. The van der Waals surface area contributed by atoms with Crippen LogP contribution in [0.25, 0.3) is 11.3 Å². The molecular weight excluding hydrogens is 399 g/mol. The van der Waals surface area contributed by atoms with Crippen LogP contribution in [0.3, 0.4) is 0 Å². The number of nitrogens with one attached hydrogen (secondary N) is 1. The van der Waals surface area contributed by atoms with Crippen LogP contribution in [0.2, 0.25) is 0 Å². The first kappa shape index (κ1) is 19.9. The molecule has 10 heteroatoms. The van der Waals surface area contributed by atoms with Crippen molar-refractivity contribution >= 4 is 5.91 Å². The number of hydrogen-bond donors (Lipinski definition) is 1. The van der Waals surface area contributed by atoms with Gasteiger partial charge in [0.05, 0.1) is 35.7 Å². The van der Waals surface area contributed by atoms with Crippen LogP contribution >= 0.6 is 0 Å². The van der Waals surface area contributed by atoms with Gasteiger partial charge in [0.2, 0.25) is 5.88 Å². The summed E-state index contributed by atoms with van der Waals surface area (Å²) in [6.45, 7) is 0.690. The van der Waals surface area contributed by atoms with Crippen LogP contribution in [0, 0.1) is 0 Å². The van der Waals surface area contributed by atoms with Crippen molar-refractivity contribution in [1.82, 2.24) is 25.1 Å². The lowest BCUT2D eigenvalue weighted by Crippen LogP contribution is -2.33. The fraction of sp³-hybridized carbons (Fsp3) is 0.300. The molecule has 3 aromatic heterocycles. The third-order valence-corrected chi connectivity index (χ3v) is 4.90. The molecule has 1 N–H and O–H groups in total. The number of nitrogens with zero attached hydrogens (tertiary/aromatic N) is 4. The first-order valence-electron chi connectivity index (χ1n) is 9.26. The van der Waals surface area contributed by atoms with E-state index < -0.39 is 17.6 Å². The Bertz CT molecular complexity index is 1080. The molecule has 0 radical (unpaired) electrons. The van der Waals surface area contributed by atoms with Crippen molar-refractivity contribution < 1.29 is 22.7 Å². The number of alkyl halides is 3. The number of rotatable bonds is 4. The van der Waals surface area contributed by atoms with Crippen LogP contribution in [0.5, 0.6) is 5.88 Å². The largest absolute Gasteiger partial charge is 0.481 e. The molecule has 1 aliphatic heterocycles. The van der Waals surface area contributed by atoms with Gasteiger partial charge in [-0.2, -0.15) is 18.3 Å². The van der Waals surface area contributed by atoms with Gasteiger partial charge in [0.15, 0.2) is 0 Å². The number of halogens is 3. The fourth-order valence-electron chi connectivity index (χ4n) is 3.41. The SMILES string of the molecule is COc1cc(-c2cc3n(n2)CCC[C@H]3NC(=O)c2cncc(C(F)(F)F)c2)ccn1. The monoisotopic (exact) mass is 417 g/mol. The Morgan fingerprint density at radius 1 is 1.27 bits per heavy atom. The average Bonchev–Trinajstić information content (AvgIpc) is 3.19. The van der Waals surface area contributed by atoms with E-state index >= 15 is 0 Å². The maximum absolute atomic E-state index is 12.9. The van der Waals surface area contributed by atoms with Crippen molar-refractivity contribution in [1.29, 1.82) is 0 Å². The summed E-state index contributed by atoms with van der Waals surface area (Å²) in [5.74, 6) is -0.152. The van der Waals surface area contributed by atoms with Gasteiger partial charge in [-0.25, -0.2) is 4.98 Å². The Kier molecular flexibility index (Phi) is 5.15. The highest BCUT2D eigenvalue weighted by atomic mass is 19.4. The maximum atomic E-state index is 12.9. The number of carbonyl (C=O) groups excluding carboxylic acids is 1. The lowest BCUT2D eigenvalue weighted by molar-refractivity contribution is -0.137. The molecular formula is C20H18F3N5O2. The molecule has 0 saturated heterocycles. The maximum Gasteiger partial charge on any atom is 0.417 e. The van der Waals surface area contributed by atoms with E-state index in [4.69, 9.17) is 4.74 Å². The number of fused-ring (bicyclic) bond motifs is 1. The highest BCUT2D eigenvalue weighted by Gasteiger charge is 2.32. The number of aryl methyl sites for hydroxylation is 1. The smallest absolute Gasteiger partial charge is 0.417 e. The Hall–Kier alpha value is -3.43. The number of amides is 1. The first-order chi connectivity index (χ1) is 14.3. The first-order valence-corrected chi connectivity index (χ1v) is 9.26. The van der Waals surface area contributed by atoms with Crippen molar-refractivity contribution in [2.24, 2.45) is 0 Å². The topological polar surface area (TPSA) is 81.9 Å². The van der Waals surface area contributed by atoms with Gasteiger partial charge in [-0.15, -0.1) is 0 Å². The molecule has 7 nitrogen and oxygen atoms in total. The molecule has 0 saturated carbocycles. The minimum atomic E-state index is -4.56. The third kappa shape index (κ3) is 3.98. The molecule has 4 rings (SSSR count). The van der Waals surface area contributed by atoms with Crippen LogP contribution in [-0.2, 0) is 12.7 Å². The zero-order chi connectivity index (χ0) is 21.3. The predicted octanol–water partition coefficient (Wildman–Crippen LogP) is 3.63. The van der Waals surface area contributed by atoms with Crippen molar-refractivity contribution in [2.75, 3.05) is 7.11 Å². The second-order valence-corrected chi connectivity index (χ2v) is 6.89. The lowest BCUT2D eigenvalue weighted by atomic mass is 10.0. The molecule has 0 bridgehead atoms. The summed E-state index contributed by atoms with van der Waals surface area (Å²) in [6, 6.07) is 5.86. The second-order valence-electron chi connectivity index (χ2n) is 6.89. The quantitative estimate of drug-likeness (QED) is 0.701. The number of hydrogen-bond acceptors (Lipinski definition) is 5. The second kappa shape index (κ2) is 7.77. The van der Waals surface area contributed by atoms with E-state index in [1.807, 2.05) is 6.07 Å². The zero-order valence-corrected chi connectivity index (χ0v) is 16.0. The van der Waals surface area contributed by atoms with Crippen LogP contribution in [0.4, 0.5) is 13.2 Å². The van der Waals surface area contributed by atoms with Crippen molar-refractivity contribution in [3.8, 4) is 17.1 Å². The van der Waals surface area contributed by atoms with Gasteiger partial charge in [-0.05, 0) is 31.0 Å². The number of methoxy groups -OCH3 is 1. The van der Waals surface area contributed by atoms with E-state index in [1.165, 1.54) is 7.11 Å². The molecule has 4 heterocycles. The fourth-order valence-corrected chi connectivity index (χ4v) is 3.41. The van der Waals surface area contributed by atoms with E-state index in [0.29, 0.717) is 30.7 Å². The number of ether oxygens (including phenoxy) is 1. The van der Waals surface area contributed by atoms with Gasteiger partial charge in [0.1, 0.15) is 0 Å². The van der Waals surface area contributed by atoms with Crippen LogP contribution < -0.4 is 10.1 Å². The summed E-state index contributed by atoms with van der Waals surface area (Å²) in [4.78, 5) is 20.2. The van der Waals surface area contributed by atoms with Gasteiger partial charge in [0.25, 0.3) is 5.91 Å². The molecule has 0 aliphatic carbocycles. The highest BCUT2D eigenvalue weighted by molar-refractivity contribution is 5.94. The highest BCUT2D eigenvalue weighted by Crippen LogP contribution is 2.31. The third-order valence-electron chi connectivity index (χ3n) is 4.90. The molecule has 0 fully saturated rings. The van der Waals surface area contributed by atoms with Gasteiger partial charge in [0, 0.05) is 36.8 Å². The van der Waals surface area contributed by atoms with Gasteiger partial charge >= 0.3 is 6.18 Å². The Morgan fingerprint density at radius 2 is 2.10 bits per heavy atom. The van der Waals surface area contributed by atoms with E-state index in [9.17, 15) is 18.0 Å². The van der Waals surface area contributed by atoms with Crippen molar-refractivity contribution in [3.05, 3.63) is 59.7 Å². The average molecular weight is 417 g/mol. The van der Waals surface area contributed by atoms with E-state index in [0.717, 1.165) is 29.9 Å². The molecule has 0 unspecified atom stereocenters. The van der Waals surface area contributed by atoms with Gasteiger partial charge < -0.3 is 10.1 Å². The van der Waals surface area contributed by atoms with E-state index in [2.05, 4.69) is 20.4 Å². The lowest BCUT2D eigenvalue weighted by Gasteiger charge is -2.24. The molecule has 3 aromatic rings. The number of aromatic nitrogens is 4. The van der Waals surface area contributed by atoms with Crippen LogP contribution in [-0.4, -0.2) is 32.8 Å². The van der Waals surface area contributed by atoms with Crippen molar-refractivity contribution in [2.45, 2.75) is 31.6 Å². The molecule has 156 valence electrons. The summed E-state index contributed by atoms with van der Waals surface area (Å²) >= 11 is 0. The van der Waals surface area contributed by atoms with Gasteiger partial charge in [-0.3, -0.25) is 14.5 Å². The minimum absolute atomic E-state index is 0.138. The number of carbonyl (C=O) groups is 1. The standard InChI is InChI=1S/C20H18F3N5O2/c1-30-18-8-12(4-5-25-18)16-9-17-15(3-2-6-28(17)27-16)26-19(29)13-7-14(11-24-10-13)20(21,22)23/h4-5,7-11,15H,2-3,6H2,1H3,(H,26,29)/t15-/m1/s1. The van der Waals surface area contributed by atoms with Crippen LogP contribution in [0.1, 0.15) is 40.5 Å². The number of pyridine rings is 2. The molecule has 30 heavy (non-hydrogen) atoms. The Labute approximate surface area is 169 Å². The van der Waals surface area contributed by atoms with E-state index in [1.54, 1.807) is 23.0 Å². The zero-order valence-electron chi connectivity index (χ0n) is 16.0. The molecule has 0 aromatic carbocycles. The minimum Gasteiger partial charge on any atom is -0.481 e. The van der Waals surface area contributed by atoms with E-state index in [-0.39, 0.29) is 11.6 Å². The van der Waals surface area contributed by atoms with Crippen LogP contribution in [0.15, 0.2) is 42.9 Å².